The van der Waals surface area contributed by atoms with Gasteiger partial charge in [-0.15, -0.1) is 0 Å². The SMILES string of the molecule is CCOCCOc1ccccc1C(=O)NCc1ccc(S(N)(=O)=O)cc1. The van der Waals surface area contributed by atoms with Crippen molar-refractivity contribution in [3.05, 3.63) is 59.7 Å². The van der Waals surface area contributed by atoms with Gasteiger partial charge in [0.2, 0.25) is 10.0 Å². The minimum Gasteiger partial charge on any atom is -0.490 e. The van der Waals surface area contributed by atoms with Crippen LogP contribution < -0.4 is 15.2 Å². The van der Waals surface area contributed by atoms with Gasteiger partial charge in [0.15, 0.2) is 0 Å². The smallest absolute Gasteiger partial charge is 0.255 e. The molecular weight excluding hydrogens is 356 g/mol. The number of ether oxygens (including phenoxy) is 2. The van der Waals surface area contributed by atoms with Crippen LogP contribution in [0, 0.1) is 0 Å². The number of amides is 1. The lowest BCUT2D eigenvalue weighted by atomic mass is 10.1. The predicted molar refractivity (Wildman–Crippen MR) is 97.4 cm³/mol. The van der Waals surface area contributed by atoms with E-state index < -0.39 is 10.0 Å². The van der Waals surface area contributed by atoms with Crippen molar-refractivity contribution in [2.24, 2.45) is 5.14 Å². The summed E-state index contributed by atoms with van der Waals surface area (Å²) in [4.78, 5) is 12.4. The molecule has 0 fully saturated rings. The van der Waals surface area contributed by atoms with Crippen LogP contribution in [0.5, 0.6) is 5.75 Å². The minimum atomic E-state index is -3.73. The number of carbonyl (C=O) groups is 1. The molecule has 0 atom stereocenters. The third-order valence-electron chi connectivity index (χ3n) is 3.53. The Balaban J connectivity index is 1.97. The molecule has 0 aliphatic rings. The highest BCUT2D eigenvalue weighted by Gasteiger charge is 2.12. The minimum absolute atomic E-state index is 0.0284. The van der Waals surface area contributed by atoms with Gasteiger partial charge in [-0.3, -0.25) is 4.79 Å². The first kappa shape index (κ1) is 19.9. The molecule has 7 nitrogen and oxygen atoms in total. The number of rotatable bonds is 9. The summed E-state index contributed by atoms with van der Waals surface area (Å²) < 4.78 is 33.3. The molecule has 0 spiro atoms. The normalized spacial score (nSPS) is 11.2. The van der Waals surface area contributed by atoms with E-state index in [1.54, 1.807) is 36.4 Å². The number of para-hydroxylation sites is 1. The quantitative estimate of drug-likeness (QED) is 0.646. The maximum atomic E-state index is 12.4. The van der Waals surface area contributed by atoms with Crippen molar-refractivity contribution in [2.75, 3.05) is 19.8 Å². The van der Waals surface area contributed by atoms with Crippen LogP contribution in [0.3, 0.4) is 0 Å². The Morgan fingerprint density at radius 3 is 2.42 bits per heavy atom. The first-order valence-corrected chi connectivity index (χ1v) is 9.66. The molecule has 140 valence electrons. The van der Waals surface area contributed by atoms with Crippen molar-refractivity contribution in [1.82, 2.24) is 5.32 Å². The molecule has 26 heavy (non-hydrogen) atoms. The second kappa shape index (κ2) is 9.33. The van der Waals surface area contributed by atoms with Gasteiger partial charge in [-0.25, -0.2) is 13.6 Å². The highest BCUT2D eigenvalue weighted by molar-refractivity contribution is 7.89. The molecule has 0 saturated carbocycles. The lowest BCUT2D eigenvalue weighted by molar-refractivity contribution is 0.0934. The van der Waals surface area contributed by atoms with Crippen LogP contribution in [0.4, 0.5) is 0 Å². The molecule has 2 aromatic carbocycles. The number of nitrogens with one attached hydrogen (secondary N) is 1. The van der Waals surface area contributed by atoms with E-state index in [0.29, 0.717) is 31.1 Å². The Morgan fingerprint density at radius 1 is 1.08 bits per heavy atom. The second-order valence-corrected chi connectivity index (χ2v) is 6.97. The molecule has 0 unspecified atom stereocenters. The average Bonchev–Trinajstić information content (AvgIpc) is 2.63. The molecule has 3 N–H and O–H groups in total. The third-order valence-corrected chi connectivity index (χ3v) is 4.46. The molecular formula is C18H22N2O5S. The van der Waals surface area contributed by atoms with Crippen LogP contribution in [-0.2, 0) is 21.3 Å². The van der Waals surface area contributed by atoms with Crippen molar-refractivity contribution in [2.45, 2.75) is 18.4 Å². The largest absolute Gasteiger partial charge is 0.490 e. The average molecular weight is 378 g/mol. The van der Waals surface area contributed by atoms with Gasteiger partial charge in [0.25, 0.3) is 5.91 Å². The van der Waals surface area contributed by atoms with E-state index in [9.17, 15) is 13.2 Å². The lowest BCUT2D eigenvalue weighted by Crippen LogP contribution is -2.23. The molecule has 0 aliphatic carbocycles. The molecule has 0 bridgehead atoms. The van der Waals surface area contributed by atoms with Crippen molar-refractivity contribution in [1.29, 1.82) is 0 Å². The summed E-state index contributed by atoms with van der Waals surface area (Å²) in [5, 5.41) is 7.84. The van der Waals surface area contributed by atoms with E-state index >= 15 is 0 Å². The molecule has 2 rings (SSSR count). The lowest BCUT2D eigenvalue weighted by Gasteiger charge is -2.12. The van der Waals surface area contributed by atoms with Crippen LogP contribution in [-0.4, -0.2) is 34.1 Å². The number of sulfonamides is 1. The number of carbonyl (C=O) groups excluding carboxylic acids is 1. The third kappa shape index (κ3) is 5.83. The number of nitrogens with two attached hydrogens (primary N) is 1. The van der Waals surface area contributed by atoms with Gasteiger partial charge in [-0.05, 0) is 36.8 Å². The zero-order valence-corrected chi connectivity index (χ0v) is 15.3. The summed E-state index contributed by atoms with van der Waals surface area (Å²) in [6, 6.07) is 13.0. The first-order valence-electron chi connectivity index (χ1n) is 8.11. The Hall–Kier alpha value is -2.42. The fraction of sp³-hybridized carbons (Fsp3) is 0.278. The fourth-order valence-corrected chi connectivity index (χ4v) is 2.72. The van der Waals surface area contributed by atoms with E-state index in [1.165, 1.54) is 12.1 Å². The summed E-state index contributed by atoms with van der Waals surface area (Å²) in [5.41, 5.74) is 1.17. The van der Waals surface area contributed by atoms with Crippen molar-refractivity contribution in [3.8, 4) is 5.75 Å². The molecule has 0 heterocycles. The summed E-state index contributed by atoms with van der Waals surface area (Å²) in [5.74, 6) is 0.196. The van der Waals surface area contributed by atoms with Gasteiger partial charge in [0.05, 0.1) is 17.1 Å². The number of primary sulfonamides is 1. The van der Waals surface area contributed by atoms with E-state index in [1.807, 2.05) is 6.92 Å². The van der Waals surface area contributed by atoms with Crippen LogP contribution in [0.2, 0.25) is 0 Å². The molecule has 2 aromatic rings. The van der Waals surface area contributed by atoms with Crippen LogP contribution in [0.25, 0.3) is 0 Å². The molecule has 0 aromatic heterocycles. The van der Waals surface area contributed by atoms with Gasteiger partial charge in [-0.2, -0.15) is 0 Å². The second-order valence-electron chi connectivity index (χ2n) is 5.41. The van der Waals surface area contributed by atoms with Gasteiger partial charge in [0, 0.05) is 13.2 Å². The zero-order valence-electron chi connectivity index (χ0n) is 14.5. The van der Waals surface area contributed by atoms with Gasteiger partial charge in [0.1, 0.15) is 12.4 Å². The molecule has 0 aliphatic heterocycles. The van der Waals surface area contributed by atoms with E-state index in [4.69, 9.17) is 14.6 Å². The Kier molecular flexibility index (Phi) is 7.14. The van der Waals surface area contributed by atoms with Gasteiger partial charge < -0.3 is 14.8 Å². The molecule has 0 radical (unpaired) electrons. The summed E-state index contributed by atoms with van der Waals surface area (Å²) in [6.07, 6.45) is 0. The molecule has 1 amide bonds. The maximum Gasteiger partial charge on any atom is 0.255 e. The molecule has 0 saturated heterocycles. The Labute approximate surface area is 153 Å². The van der Waals surface area contributed by atoms with Crippen LogP contribution in [0.1, 0.15) is 22.8 Å². The maximum absolute atomic E-state index is 12.4. The van der Waals surface area contributed by atoms with Crippen molar-refractivity contribution in [3.63, 3.8) is 0 Å². The Morgan fingerprint density at radius 2 is 1.77 bits per heavy atom. The number of hydrogen-bond acceptors (Lipinski definition) is 5. The first-order chi connectivity index (χ1) is 12.4. The summed E-state index contributed by atoms with van der Waals surface area (Å²) >= 11 is 0. The number of benzene rings is 2. The topological polar surface area (TPSA) is 108 Å². The zero-order chi connectivity index (χ0) is 19.0. The summed E-state index contributed by atoms with van der Waals surface area (Å²) in [7, 11) is -3.73. The van der Waals surface area contributed by atoms with Crippen LogP contribution >= 0.6 is 0 Å². The Bertz CT molecular complexity index is 835. The number of hydrogen-bond donors (Lipinski definition) is 2. The van der Waals surface area contributed by atoms with E-state index in [0.717, 1.165) is 5.56 Å². The predicted octanol–water partition coefficient (Wildman–Crippen LogP) is 1.68. The fourth-order valence-electron chi connectivity index (χ4n) is 2.21. The highest BCUT2D eigenvalue weighted by atomic mass is 32.2. The highest BCUT2D eigenvalue weighted by Crippen LogP contribution is 2.18. The van der Waals surface area contributed by atoms with Gasteiger partial charge in [-0.1, -0.05) is 24.3 Å². The standard InChI is InChI=1S/C18H22N2O5S/c1-2-24-11-12-25-17-6-4-3-5-16(17)18(21)20-13-14-7-9-15(10-8-14)26(19,22)23/h3-10H,2,11-13H2,1H3,(H,20,21)(H2,19,22,23). The summed E-state index contributed by atoms with van der Waals surface area (Å²) in [6.45, 7) is 3.56. The van der Waals surface area contributed by atoms with Crippen molar-refractivity contribution >= 4 is 15.9 Å². The van der Waals surface area contributed by atoms with Crippen LogP contribution in [0.15, 0.2) is 53.4 Å². The molecule has 8 heteroatoms. The van der Waals surface area contributed by atoms with E-state index in [-0.39, 0.29) is 17.3 Å². The van der Waals surface area contributed by atoms with Crippen molar-refractivity contribution < 1.29 is 22.7 Å². The monoisotopic (exact) mass is 378 g/mol. The van der Waals surface area contributed by atoms with E-state index in [2.05, 4.69) is 5.32 Å². The van der Waals surface area contributed by atoms with Gasteiger partial charge >= 0.3 is 0 Å².